The number of esters is 1. The molecule has 1 N–H and O–H groups in total. The van der Waals surface area contributed by atoms with Gasteiger partial charge in [-0.2, -0.15) is 5.10 Å². The lowest BCUT2D eigenvalue weighted by Crippen LogP contribution is -2.26. The summed E-state index contributed by atoms with van der Waals surface area (Å²) in [5, 5.41) is 4.36. The number of hydrogen-bond acceptors (Lipinski definition) is 5. The lowest BCUT2D eigenvalue weighted by Gasteiger charge is -2.07. The number of nitrogens with zero attached hydrogens (tertiary/aromatic N) is 1. The average Bonchev–Trinajstić information content (AvgIpc) is 2.44. The third-order valence-electron chi connectivity index (χ3n) is 2.33. The molecule has 0 bridgehead atoms. The summed E-state index contributed by atoms with van der Waals surface area (Å²) in [6, 6.07) is 4.96. The largest absolute Gasteiger partial charge is 0.483 e. The number of amides is 1. The highest BCUT2D eigenvalue weighted by atomic mass is 79.9. The summed E-state index contributed by atoms with van der Waals surface area (Å²) >= 11 is 9.09. The van der Waals surface area contributed by atoms with E-state index in [1.54, 1.807) is 32.0 Å². The van der Waals surface area contributed by atoms with Gasteiger partial charge in [0.25, 0.3) is 5.91 Å². The van der Waals surface area contributed by atoms with Gasteiger partial charge in [0.05, 0.1) is 17.5 Å². The molecule has 0 aliphatic heterocycles. The van der Waals surface area contributed by atoms with E-state index in [4.69, 9.17) is 21.1 Å². The molecule has 6 nitrogen and oxygen atoms in total. The summed E-state index contributed by atoms with van der Waals surface area (Å²) in [6.07, 6.45) is 0.0255. The fraction of sp³-hybridized carbons (Fsp3) is 0.357. The van der Waals surface area contributed by atoms with E-state index >= 15 is 0 Å². The van der Waals surface area contributed by atoms with E-state index in [9.17, 15) is 9.59 Å². The molecular formula is C14H16BrClN2O4. The third kappa shape index (κ3) is 6.91. The Morgan fingerprint density at radius 2 is 2.14 bits per heavy atom. The Hall–Kier alpha value is -1.60. The summed E-state index contributed by atoms with van der Waals surface area (Å²) in [4.78, 5) is 22.8. The summed E-state index contributed by atoms with van der Waals surface area (Å²) in [7, 11) is 0. The Morgan fingerprint density at radius 3 is 2.77 bits per heavy atom. The van der Waals surface area contributed by atoms with Crippen molar-refractivity contribution in [1.29, 1.82) is 0 Å². The van der Waals surface area contributed by atoms with Gasteiger partial charge in [0.2, 0.25) is 0 Å². The number of ether oxygens (including phenoxy) is 2. The summed E-state index contributed by atoms with van der Waals surface area (Å²) in [6.45, 7) is 3.44. The molecule has 0 unspecified atom stereocenters. The van der Waals surface area contributed by atoms with Crippen LogP contribution in [0.4, 0.5) is 0 Å². The maximum Gasteiger partial charge on any atom is 0.311 e. The van der Waals surface area contributed by atoms with Crippen molar-refractivity contribution in [2.24, 2.45) is 5.10 Å². The number of hydrazone groups is 1. The molecule has 1 aromatic rings. The van der Waals surface area contributed by atoms with E-state index in [2.05, 4.69) is 26.5 Å². The molecule has 1 aromatic carbocycles. The molecule has 0 aliphatic carbocycles. The van der Waals surface area contributed by atoms with Gasteiger partial charge in [0.1, 0.15) is 5.75 Å². The van der Waals surface area contributed by atoms with Gasteiger partial charge in [-0.3, -0.25) is 9.59 Å². The molecule has 0 spiro atoms. The van der Waals surface area contributed by atoms with Crippen molar-refractivity contribution < 1.29 is 19.1 Å². The molecule has 22 heavy (non-hydrogen) atoms. The smallest absolute Gasteiger partial charge is 0.311 e. The second kappa shape index (κ2) is 9.42. The number of rotatable bonds is 7. The van der Waals surface area contributed by atoms with Crippen LogP contribution in [0.3, 0.4) is 0 Å². The van der Waals surface area contributed by atoms with Crippen molar-refractivity contribution in [1.82, 2.24) is 5.43 Å². The van der Waals surface area contributed by atoms with Crippen LogP contribution in [0.5, 0.6) is 5.75 Å². The van der Waals surface area contributed by atoms with E-state index in [0.29, 0.717) is 27.6 Å². The van der Waals surface area contributed by atoms with Gasteiger partial charge in [-0.25, -0.2) is 5.43 Å². The standard InChI is InChI=1S/C14H16BrClN2O4/c1-3-21-14(20)6-9(2)17-18-13(19)8-22-12-5-4-10(16)7-11(12)15/h4-5,7H,3,6,8H2,1-2H3,(H,18,19)/b17-9+. The SMILES string of the molecule is CCOC(=O)C/C(C)=N/NC(=O)COc1ccc(Cl)cc1Br. The van der Waals surface area contributed by atoms with E-state index in [1.807, 2.05) is 0 Å². The quantitative estimate of drug-likeness (QED) is 0.440. The Balaban J connectivity index is 2.41. The molecule has 1 rings (SSSR count). The lowest BCUT2D eigenvalue weighted by molar-refractivity contribution is -0.141. The minimum Gasteiger partial charge on any atom is -0.483 e. The zero-order valence-electron chi connectivity index (χ0n) is 12.2. The van der Waals surface area contributed by atoms with E-state index in [1.165, 1.54) is 0 Å². The second-order valence-corrected chi connectivity index (χ2v) is 5.52. The number of nitrogens with one attached hydrogen (secondary N) is 1. The van der Waals surface area contributed by atoms with Crippen LogP contribution in [0.15, 0.2) is 27.8 Å². The molecule has 0 radical (unpaired) electrons. The molecule has 0 saturated carbocycles. The number of halogens is 2. The third-order valence-corrected chi connectivity index (χ3v) is 3.18. The van der Waals surface area contributed by atoms with Crippen LogP contribution in [0.2, 0.25) is 5.02 Å². The van der Waals surface area contributed by atoms with Crippen LogP contribution >= 0.6 is 27.5 Å². The highest BCUT2D eigenvalue weighted by Crippen LogP contribution is 2.27. The summed E-state index contributed by atoms with van der Waals surface area (Å²) < 4.78 is 10.7. The molecule has 8 heteroatoms. The molecule has 0 atom stereocenters. The van der Waals surface area contributed by atoms with Crippen LogP contribution in [-0.2, 0) is 14.3 Å². The zero-order valence-corrected chi connectivity index (χ0v) is 14.5. The van der Waals surface area contributed by atoms with Crippen molar-refractivity contribution in [3.8, 4) is 5.75 Å². The van der Waals surface area contributed by atoms with Gasteiger partial charge in [0.15, 0.2) is 6.61 Å². The molecule has 120 valence electrons. The van der Waals surface area contributed by atoms with E-state index in [-0.39, 0.29) is 19.0 Å². The van der Waals surface area contributed by atoms with Gasteiger partial charge in [-0.05, 0) is 48.0 Å². The van der Waals surface area contributed by atoms with Crippen molar-refractivity contribution in [3.05, 3.63) is 27.7 Å². The number of carbonyl (C=O) groups excluding carboxylic acids is 2. The summed E-state index contributed by atoms with van der Waals surface area (Å²) in [5.41, 5.74) is 2.75. The fourth-order valence-electron chi connectivity index (χ4n) is 1.39. The Kier molecular flexibility index (Phi) is 7.90. The minimum atomic E-state index is -0.440. The van der Waals surface area contributed by atoms with Crippen molar-refractivity contribution in [2.45, 2.75) is 20.3 Å². The highest BCUT2D eigenvalue weighted by molar-refractivity contribution is 9.10. The van der Waals surface area contributed by atoms with Crippen LogP contribution in [0, 0.1) is 0 Å². The van der Waals surface area contributed by atoms with Gasteiger partial charge in [0, 0.05) is 10.7 Å². The normalized spacial score (nSPS) is 11.0. The molecule has 0 saturated heterocycles. The minimum absolute atomic E-state index is 0.0255. The first-order valence-corrected chi connectivity index (χ1v) is 7.65. The predicted octanol–water partition coefficient (Wildman–Crippen LogP) is 2.93. The molecular weight excluding hydrogens is 376 g/mol. The zero-order chi connectivity index (χ0) is 16.5. The van der Waals surface area contributed by atoms with Crippen LogP contribution in [0.25, 0.3) is 0 Å². The first kappa shape index (κ1) is 18.4. The molecule has 0 aliphatic rings. The van der Waals surface area contributed by atoms with Gasteiger partial charge in [-0.15, -0.1) is 0 Å². The van der Waals surface area contributed by atoms with Crippen molar-refractivity contribution >= 4 is 45.1 Å². The van der Waals surface area contributed by atoms with E-state index < -0.39 is 5.91 Å². The molecule has 0 heterocycles. The predicted molar refractivity (Wildman–Crippen MR) is 87.1 cm³/mol. The molecule has 1 amide bonds. The van der Waals surface area contributed by atoms with Crippen molar-refractivity contribution in [3.63, 3.8) is 0 Å². The average molecular weight is 392 g/mol. The molecule has 0 fully saturated rings. The van der Waals surface area contributed by atoms with Gasteiger partial charge >= 0.3 is 5.97 Å². The van der Waals surface area contributed by atoms with Gasteiger partial charge in [-0.1, -0.05) is 11.6 Å². The Morgan fingerprint density at radius 1 is 1.41 bits per heavy atom. The van der Waals surface area contributed by atoms with E-state index in [0.717, 1.165) is 0 Å². The Bertz CT molecular complexity index is 578. The monoisotopic (exact) mass is 390 g/mol. The maximum atomic E-state index is 11.6. The lowest BCUT2D eigenvalue weighted by atomic mass is 10.3. The highest BCUT2D eigenvalue weighted by Gasteiger charge is 2.07. The number of carbonyl (C=O) groups is 2. The van der Waals surface area contributed by atoms with Crippen LogP contribution < -0.4 is 10.2 Å². The first-order chi connectivity index (χ1) is 10.4. The number of benzene rings is 1. The fourth-order valence-corrected chi connectivity index (χ4v) is 2.18. The Labute approximate surface area is 141 Å². The second-order valence-electron chi connectivity index (χ2n) is 4.23. The summed E-state index contributed by atoms with van der Waals surface area (Å²) in [5.74, 6) is -0.337. The first-order valence-electron chi connectivity index (χ1n) is 6.47. The van der Waals surface area contributed by atoms with Crippen molar-refractivity contribution in [2.75, 3.05) is 13.2 Å². The van der Waals surface area contributed by atoms with Gasteiger partial charge < -0.3 is 9.47 Å². The molecule has 0 aromatic heterocycles. The van der Waals surface area contributed by atoms with Crippen LogP contribution in [0.1, 0.15) is 20.3 Å². The van der Waals surface area contributed by atoms with Crippen LogP contribution in [-0.4, -0.2) is 30.8 Å². The maximum absolute atomic E-state index is 11.6. The topological polar surface area (TPSA) is 77.0 Å². The number of hydrogen-bond donors (Lipinski definition) is 1.